The van der Waals surface area contributed by atoms with E-state index in [2.05, 4.69) is 48.3 Å². The smallest absolute Gasteiger partial charge is 0.0766 e. The third-order valence-corrected chi connectivity index (χ3v) is 6.04. The molecule has 0 aliphatic heterocycles. The molecule has 0 bridgehead atoms. The fourth-order valence-corrected chi connectivity index (χ4v) is 4.53. The average Bonchev–Trinajstić information content (AvgIpc) is 2.75. The Labute approximate surface area is 137 Å². The highest BCUT2D eigenvalue weighted by molar-refractivity contribution is 9.10. The van der Waals surface area contributed by atoms with Crippen LogP contribution in [0.15, 0.2) is 4.47 Å². The largest absolute Gasteiger partial charge is 0.330 e. The lowest BCUT2D eigenvalue weighted by Crippen LogP contribution is -2.35. The number of aryl methyl sites for hydroxylation is 2. The van der Waals surface area contributed by atoms with E-state index in [1.165, 1.54) is 35.1 Å². The SMILES string of the molecule is CCc1nn(CC)c(CC2CC(C)(C)CCC2CN)c1Br. The summed E-state index contributed by atoms with van der Waals surface area (Å²) in [4.78, 5) is 0. The second-order valence-electron chi connectivity index (χ2n) is 7.24. The van der Waals surface area contributed by atoms with Gasteiger partial charge in [0.25, 0.3) is 0 Å². The fraction of sp³-hybridized carbons (Fsp3) is 0.824. The maximum Gasteiger partial charge on any atom is 0.0766 e. The molecule has 2 atom stereocenters. The van der Waals surface area contributed by atoms with Gasteiger partial charge in [-0.3, -0.25) is 4.68 Å². The zero-order chi connectivity index (χ0) is 15.6. The van der Waals surface area contributed by atoms with Crippen molar-refractivity contribution in [1.82, 2.24) is 9.78 Å². The number of nitrogens with two attached hydrogens (primary N) is 1. The predicted molar refractivity (Wildman–Crippen MR) is 92.3 cm³/mol. The molecule has 2 rings (SSSR count). The molecule has 1 aliphatic carbocycles. The Bertz CT molecular complexity index is 479. The molecule has 4 heteroatoms. The zero-order valence-electron chi connectivity index (χ0n) is 14.0. The highest BCUT2D eigenvalue weighted by Crippen LogP contribution is 2.43. The second kappa shape index (κ2) is 6.82. The van der Waals surface area contributed by atoms with Crippen molar-refractivity contribution in [2.75, 3.05) is 6.54 Å². The van der Waals surface area contributed by atoms with Crippen LogP contribution in [0.1, 0.15) is 58.3 Å². The maximum atomic E-state index is 6.04. The fourth-order valence-electron chi connectivity index (χ4n) is 3.80. The second-order valence-corrected chi connectivity index (χ2v) is 8.04. The van der Waals surface area contributed by atoms with Crippen molar-refractivity contribution >= 4 is 15.9 Å². The Hall–Kier alpha value is -0.350. The van der Waals surface area contributed by atoms with E-state index in [-0.39, 0.29) is 0 Å². The van der Waals surface area contributed by atoms with Gasteiger partial charge in [-0.25, -0.2) is 0 Å². The van der Waals surface area contributed by atoms with Crippen LogP contribution >= 0.6 is 15.9 Å². The molecule has 1 aromatic heterocycles. The highest BCUT2D eigenvalue weighted by atomic mass is 79.9. The molecule has 0 radical (unpaired) electrons. The zero-order valence-corrected chi connectivity index (χ0v) is 15.5. The van der Waals surface area contributed by atoms with Gasteiger partial charge in [-0.1, -0.05) is 20.8 Å². The van der Waals surface area contributed by atoms with Crippen molar-refractivity contribution in [2.24, 2.45) is 23.0 Å². The van der Waals surface area contributed by atoms with E-state index in [0.29, 0.717) is 17.3 Å². The van der Waals surface area contributed by atoms with E-state index >= 15 is 0 Å². The Kier molecular flexibility index (Phi) is 5.53. The van der Waals surface area contributed by atoms with Crippen molar-refractivity contribution in [2.45, 2.75) is 66.3 Å². The summed E-state index contributed by atoms with van der Waals surface area (Å²) < 4.78 is 3.41. The minimum absolute atomic E-state index is 0.452. The Morgan fingerprint density at radius 2 is 2.05 bits per heavy atom. The standard InChI is InChI=1S/C17H30BrN3/c1-5-14-16(18)15(21(6-2)20-14)9-13-10-17(3,4)8-7-12(13)11-19/h12-13H,5-11,19H2,1-4H3. The summed E-state index contributed by atoms with van der Waals surface area (Å²) in [6.07, 6.45) is 5.94. The molecule has 21 heavy (non-hydrogen) atoms. The number of nitrogens with zero attached hydrogens (tertiary/aromatic N) is 2. The molecule has 1 saturated carbocycles. The van der Waals surface area contributed by atoms with Gasteiger partial charge in [-0.2, -0.15) is 5.10 Å². The van der Waals surface area contributed by atoms with Crippen LogP contribution in [0, 0.1) is 17.3 Å². The predicted octanol–water partition coefficient (Wildman–Crippen LogP) is 4.17. The third-order valence-electron chi connectivity index (χ3n) is 5.13. The first-order valence-electron chi connectivity index (χ1n) is 8.36. The molecule has 120 valence electrons. The molecule has 1 aromatic rings. The summed E-state index contributed by atoms with van der Waals surface area (Å²) in [5.74, 6) is 1.34. The van der Waals surface area contributed by atoms with Gasteiger partial charge in [0, 0.05) is 6.54 Å². The molecular formula is C17H30BrN3. The van der Waals surface area contributed by atoms with E-state index in [4.69, 9.17) is 10.8 Å². The number of rotatable bonds is 5. The van der Waals surface area contributed by atoms with E-state index in [9.17, 15) is 0 Å². The van der Waals surface area contributed by atoms with E-state index in [1.54, 1.807) is 0 Å². The van der Waals surface area contributed by atoms with Gasteiger partial charge in [0.15, 0.2) is 0 Å². The first kappa shape index (κ1) is 17.0. The van der Waals surface area contributed by atoms with Crippen molar-refractivity contribution < 1.29 is 0 Å². The molecule has 2 unspecified atom stereocenters. The number of aromatic nitrogens is 2. The van der Waals surface area contributed by atoms with Crippen molar-refractivity contribution in [3.63, 3.8) is 0 Å². The van der Waals surface area contributed by atoms with Crippen molar-refractivity contribution in [1.29, 1.82) is 0 Å². The Morgan fingerprint density at radius 1 is 1.33 bits per heavy atom. The van der Waals surface area contributed by atoms with Crippen LogP contribution in [0.25, 0.3) is 0 Å². The summed E-state index contributed by atoms with van der Waals surface area (Å²) in [5, 5.41) is 4.74. The van der Waals surface area contributed by atoms with Gasteiger partial charge in [0.05, 0.1) is 15.9 Å². The van der Waals surface area contributed by atoms with Gasteiger partial charge in [-0.15, -0.1) is 0 Å². The molecule has 0 aromatic carbocycles. The first-order valence-corrected chi connectivity index (χ1v) is 9.15. The summed E-state index contributed by atoms with van der Waals surface area (Å²) in [6.45, 7) is 10.9. The third kappa shape index (κ3) is 3.70. The summed E-state index contributed by atoms with van der Waals surface area (Å²) >= 11 is 3.79. The van der Waals surface area contributed by atoms with Crippen LogP contribution in [0.5, 0.6) is 0 Å². The topological polar surface area (TPSA) is 43.8 Å². The molecular weight excluding hydrogens is 326 g/mol. The number of hydrogen-bond acceptors (Lipinski definition) is 2. The van der Waals surface area contributed by atoms with Gasteiger partial charge in [0.2, 0.25) is 0 Å². The van der Waals surface area contributed by atoms with E-state index in [1.807, 2.05) is 0 Å². The van der Waals surface area contributed by atoms with Crippen LogP contribution in [0.3, 0.4) is 0 Å². The lowest BCUT2D eigenvalue weighted by Gasteiger charge is -2.40. The van der Waals surface area contributed by atoms with Gasteiger partial charge in [-0.05, 0) is 78.8 Å². The Balaban J connectivity index is 2.24. The van der Waals surface area contributed by atoms with Crippen LogP contribution in [-0.4, -0.2) is 16.3 Å². The number of halogens is 1. The average molecular weight is 356 g/mol. The van der Waals surface area contributed by atoms with Gasteiger partial charge in [0.1, 0.15) is 0 Å². The molecule has 0 saturated heterocycles. The van der Waals surface area contributed by atoms with Crippen LogP contribution in [-0.2, 0) is 19.4 Å². The minimum Gasteiger partial charge on any atom is -0.330 e. The monoisotopic (exact) mass is 355 g/mol. The molecule has 1 heterocycles. The van der Waals surface area contributed by atoms with Crippen molar-refractivity contribution in [3.8, 4) is 0 Å². The lowest BCUT2D eigenvalue weighted by atomic mass is 9.66. The quantitative estimate of drug-likeness (QED) is 0.860. The minimum atomic E-state index is 0.452. The molecule has 3 nitrogen and oxygen atoms in total. The molecule has 0 amide bonds. The normalized spacial score (nSPS) is 25.2. The van der Waals surface area contributed by atoms with E-state index in [0.717, 1.165) is 25.9 Å². The van der Waals surface area contributed by atoms with Crippen LogP contribution in [0.4, 0.5) is 0 Å². The molecule has 1 fully saturated rings. The summed E-state index contributed by atoms with van der Waals surface area (Å²) in [5.41, 5.74) is 9.05. The first-order chi connectivity index (χ1) is 9.91. The summed E-state index contributed by atoms with van der Waals surface area (Å²) in [7, 11) is 0. The maximum absolute atomic E-state index is 6.04. The Morgan fingerprint density at radius 3 is 2.62 bits per heavy atom. The van der Waals surface area contributed by atoms with Gasteiger partial charge >= 0.3 is 0 Å². The molecule has 1 aliphatic rings. The summed E-state index contributed by atoms with van der Waals surface area (Å²) in [6, 6.07) is 0. The molecule has 2 N–H and O–H groups in total. The van der Waals surface area contributed by atoms with E-state index < -0.39 is 0 Å². The van der Waals surface area contributed by atoms with Crippen molar-refractivity contribution in [3.05, 3.63) is 15.9 Å². The highest BCUT2D eigenvalue weighted by Gasteiger charge is 2.35. The lowest BCUT2D eigenvalue weighted by molar-refractivity contribution is 0.120. The molecule has 0 spiro atoms. The van der Waals surface area contributed by atoms with Crippen LogP contribution in [0.2, 0.25) is 0 Å². The van der Waals surface area contributed by atoms with Gasteiger partial charge < -0.3 is 5.73 Å². The number of hydrogen-bond donors (Lipinski definition) is 1. The van der Waals surface area contributed by atoms with Crippen LogP contribution < -0.4 is 5.73 Å².